The molecule has 2 unspecified atom stereocenters. The third-order valence-corrected chi connectivity index (χ3v) is 4.12. The number of ether oxygens (including phenoxy) is 1. The fourth-order valence-electron chi connectivity index (χ4n) is 3.06. The first-order valence-electron chi connectivity index (χ1n) is 7.15. The zero-order chi connectivity index (χ0) is 13.9. The molecule has 3 rings (SSSR count). The number of rotatable bonds is 5. The summed E-state index contributed by atoms with van der Waals surface area (Å²) < 4.78 is 5.21. The van der Waals surface area contributed by atoms with Crippen molar-refractivity contribution in [1.82, 2.24) is 0 Å². The quantitative estimate of drug-likeness (QED) is 0.901. The van der Waals surface area contributed by atoms with Crippen molar-refractivity contribution >= 4 is 0 Å². The van der Waals surface area contributed by atoms with Crippen LogP contribution >= 0.6 is 0 Å². The van der Waals surface area contributed by atoms with Crippen molar-refractivity contribution in [3.8, 4) is 5.75 Å². The summed E-state index contributed by atoms with van der Waals surface area (Å²) in [6.45, 7) is 0. The fraction of sp³-hybridized carbons (Fsp3) is 0.333. The van der Waals surface area contributed by atoms with Crippen molar-refractivity contribution in [3.05, 3.63) is 65.2 Å². The molecule has 0 aliphatic heterocycles. The topological polar surface area (TPSA) is 29.5 Å². The Morgan fingerprint density at radius 1 is 1.20 bits per heavy atom. The molecule has 1 aliphatic rings. The highest BCUT2D eigenvalue weighted by atomic mass is 16.5. The molecular formula is C18H20O2. The molecule has 1 N–H and O–H groups in total. The SMILES string of the molecule is COc1cccc(CC(O)CC2Cc3ccccc32)c1. The van der Waals surface area contributed by atoms with Gasteiger partial charge in [0.05, 0.1) is 13.2 Å². The van der Waals surface area contributed by atoms with Crippen LogP contribution in [0.15, 0.2) is 48.5 Å². The van der Waals surface area contributed by atoms with Crippen LogP contribution < -0.4 is 4.74 Å². The Bertz CT molecular complexity index is 591. The molecule has 2 nitrogen and oxygen atoms in total. The standard InChI is InChI=1S/C18H20O2/c1-20-17-7-4-5-13(10-17)9-16(19)12-15-11-14-6-2-3-8-18(14)15/h2-8,10,15-16,19H,9,11-12H2,1H3. The molecule has 20 heavy (non-hydrogen) atoms. The van der Waals surface area contributed by atoms with Gasteiger partial charge >= 0.3 is 0 Å². The van der Waals surface area contributed by atoms with Crippen molar-refractivity contribution in [2.45, 2.75) is 31.3 Å². The van der Waals surface area contributed by atoms with Gasteiger partial charge in [-0.2, -0.15) is 0 Å². The predicted octanol–water partition coefficient (Wildman–Crippen LogP) is 3.33. The zero-order valence-corrected chi connectivity index (χ0v) is 11.8. The van der Waals surface area contributed by atoms with Gasteiger partial charge in [-0.3, -0.25) is 0 Å². The third-order valence-electron chi connectivity index (χ3n) is 4.12. The molecule has 0 spiro atoms. The Labute approximate surface area is 120 Å². The number of methoxy groups -OCH3 is 1. The average Bonchev–Trinajstić information content (AvgIpc) is 2.45. The minimum absolute atomic E-state index is 0.291. The Morgan fingerprint density at radius 3 is 2.85 bits per heavy atom. The van der Waals surface area contributed by atoms with Crippen LogP contribution in [0.2, 0.25) is 0 Å². The van der Waals surface area contributed by atoms with Crippen LogP contribution in [-0.4, -0.2) is 18.3 Å². The molecule has 0 aromatic heterocycles. The first kappa shape index (κ1) is 13.2. The maximum atomic E-state index is 10.3. The second-order valence-corrected chi connectivity index (χ2v) is 5.55. The van der Waals surface area contributed by atoms with Crippen molar-refractivity contribution in [2.75, 3.05) is 7.11 Å². The molecule has 2 heteroatoms. The Kier molecular flexibility index (Phi) is 3.75. The van der Waals surface area contributed by atoms with E-state index < -0.39 is 0 Å². The highest BCUT2D eigenvalue weighted by Crippen LogP contribution is 2.38. The van der Waals surface area contributed by atoms with Gasteiger partial charge in [-0.15, -0.1) is 0 Å². The van der Waals surface area contributed by atoms with Crippen LogP contribution in [0.4, 0.5) is 0 Å². The number of hydrogen-bond donors (Lipinski definition) is 1. The molecule has 0 radical (unpaired) electrons. The van der Waals surface area contributed by atoms with E-state index in [4.69, 9.17) is 4.74 Å². The van der Waals surface area contributed by atoms with Gasteiger partial charge in [0.1, 0.15) is 5.75 Å². The molecule has 0 heterocycles. The summed E-state index contributed by atoms with van der Waals surface area (Å²) in [4.78, 5) is 0. The van der Waals surface area contributed by atoms with E-state index in [1.807, 2.05) is 24.3 Å². The van der Waals surface area contributed by atoms with Crippen LogP contribution in [-0.2, 0) is 12.8 Å². The fourth-order valence-corrected chi connectivity index (χ4v) is 3.06. The molecule has 0 fully saturated rings. The maximum Gasteiger partial charge on any atom is 0.119 e. The van der Waals surface area contributed by atoms with E-state index in [-0.39, 0.29) is 6.10 Å². The lowest BCUT2D eigenvalue weighted by Gasteiger charge is -2.31. The van der Waals surface area contributed by atoms with Gasteiger partial charge in [-0.05, 0) is 54.0 Å². The van der Waals surface area contributed by atoms with Crippen LogP contribution in [0.3, 0.4) is 0 Å². The summed E-state index contributed by atoms with van der Waals surface area (Å²) in [5, 5.41) is 10.3. The lowest BCUT2D eigenvalue weighted by molar-refractivity contribution is 0.151. The summed E-state index contributed by atoms with van der Waals surface area (Å²) >= 11 is 0. The second kappa shape index (κ2) is 5.68. The molecule has 1 aliphatic carbocycles. The van der Waals surface area contributed by atoms with Crippen molar-refractivity contribution in [2.24, 2.45) is 0 Å². The largest absolute Gasteiger partial charge is 0.497 e. The van der Waals surface area contributed by atoms with Crippen LogP contribution in [0.1, 0.15) is 29.0 Å². The number of aliphatic hydroxyl groups excluding tert-OH is 1. The molecular weight excluding hydrogens is 248 g/mol. The molecule has 0 saturated carbocycles. The lowest BCUT2D eigenvalue weighted by atomic mass is 9.74. The Morgan fingerprint density at radius 2 is 2.05 bits per heavy atom. The van der Waals surface area contributed by atoms with Crippen LogP contribution in [0.5, 0.6) is 5.75 Å². The highest BCUT2D eigenvalue weighted by molar-refractivity contribution is 5.40. The normalized spacial score (nSPS) is 18.0. The molecule has 2 aromatic rings. The van der Waals surface area contributed by atoms with Gasteiger partial charge in [-0.25, -0.2) is 0 Å². The number of hydrogen-bond acceptors (Lipinski definition) is 2. The second-order valence-electron chi connectivity index (χ2n) is 5.55. The molecule has 0 saturated heterocycles. The predicted molar refractivity (Wildman–Crippen MR) is 80.2 cm³/mol. The molecule has 0 bridgehead atoms. The molecule has 2 atom stereocenters. The summed E-state index contributed by atoms with van der Waals surface area (Å²) in [6.07, 6.45) is 2.34. The number of benzene rings is 2. The minimum atomic E-state index is -0.291. The van der Waals surface area contributed by atoms with Crippen LogP contribution in [0, 0.1) is 0 Å². The van der Waals surface area contributed by atoms with Gasteiger partial charge < -0.3 is 9.84 Å². The lowest BCUT2D eigenvalue weighted by Crippen LogP contribution is -2.23. The summed E-state index contributed by atoms with van der Waals surface area (Å²) in [5.41, 5.74) is 3.98. The van der Waals surface area contributed by atoms with Gasteiger partial charge in [0.15, 0.2) is 0 Å². The van der Waals surface area contributed by atoms with Gasteiger partial charge in [0.2, 0.25) is 0 Å². The molecule has 2 aromatic carbocycles. The highest BCUT2D eigenvalue weighted by Gasteiger charge is 2.27. The van der Waals surface area contributed by atoms with E-state index in [1.54, 1.807) is 7.11 Å². The van der Waals surface area contributed by atoms with Crippen molar-refractivity contribution < 1.29 is 9.84 Å². The smallest absolute Gasteiger partial charge is 0.119 e. The Balaban J connectivity index is 1.59. The summed E-state index contributed by atoms with van der Waals surface area (Å²) in [7, 11) is 1.67. The molecule has 104 valence electrons. The molecule has 0 amide bonds. The first-order valence-corrected chi connectivity index (χ1v) is 7.15. The first-order chi connectivity index (χ1) is 9.76. The number of aliphatic hydroxyl groups is 1. The van der Waals surface area contributed by atoms with Crippen molar-refractivity contribution in [1.29, 1.82) is 0 Å². The van der Waals surface area contributed by atoms with Gasteiger partial charge in [0.25, 0.3) is 0 Å². The summed E-state index contributed by atoms with van der Waals surface area (Å²) in [5.74, 6) is 1.37. The van der Waals surface area contributed by atoms with E-state index in [9.17, 15) is 5.11 Å². The average molecular weight is 268 g/mol. The van der Waals surface area contributed by atoms with E-state index in [0.717, 1.165) is 24.2 Å². The van der Waals surface area contributed by atoms with Gasteiger partial charge in [-0.1, -0.05) is 36.4 Å². The number of fused-ring (bicyclic) bond motifs is 1. The van der Waals surface area contributed by atoms with Gasteiger partial charge in [0, 0.05) is 0 Å². The monoisotopic (exact) mass is 268 g/mol. The summed E-state index contributed by atoms with van der Waals surface area (Å²) in [6, 6.07) is 16.5. The van der Waals surface area contributed by atoms with E-state index in [2.05, 4.69) is 24.3 Å². The van der Waals surface area contributed by atoms with E-state index in [0.29, 0.717) is 12.3 Å². The maximum absolute atomic E-state index is 10.3. The minimum Gasteiger partial charge on any atom is -0.497 e. The van der Waals surface area contributed by atoms with E-state index >= 15 is 0 Å². The van der Waals surface area contributed by atoms with Crippen LogP contribution in [0.25, 0.3) is 0 Å². The van der Waals surface area contributed by atoms with E-state index in [1.165, 1.54) is 11.1 Å². The Hall–Kier alpha value is -1.80. The zero-order valence-electron chi connectivity index (χ0n) is 11.8. The third kappa shape index (κ3) is 2.70. The van der Waals surface area contributed by atoms with Crippen molar-refractivity contribution in [3.63, 3.8) is 0 Å².